The van der Waals surface area contributed by atoms with Gasteiger partial charge in [-0.05, 0) is 43.3 Å². The van der Waals surface area contributed by atoms with Gasteiger partial charge in [0, 0.05) is 17.7 Å². The molecule has 1 saturated heterocycles. The average molecular weight is 416 g/mol. The monoisotopic (exact) mass is 416 g/mol. The van der Waals surface area contributed by atoms with Gasteiger partial charge >= 0.3 is 0 Å². The molecule has 0 saturated carbocycles. The minimum Gasteiger partial charge on any atom is -0.508 e. The van der Waals surface area contributed by atoms with E-state index in [1.165, 1.54) is 48.5 Å². The third-order valence-corrected chi connectivity index (χ3v) is 5.16. The van der Waals surface area contributed by atoms with Gasteiger partial charge in [-0.3, -0.25) is 9.59 Å². The summed E-state index contributed by atoms with van der Waals surface area (Å²) in [6, 6.07) is 11.5. The highest BCUT2D eigenvalue weighted by molar-refractivity contribution is 5.95. The number of phenols is 2. The number of phenolic OH excluding ortho intramolecular Hbond substituents is 2. The van der Waals surface area contributed by atoms with Gasteiger partial charge in [0.15, 0.2) is 0 Å². The zero-order valence-electron chi connectivity index (χ0n) is 16.3. The predicted octanol–water partition coefficient (Wildman–Crippen LogP) is 0.137. The molecule has 3 rings (SSSR count). The largest absolute Gasteiger partial charge is 0.508 e. The van der Waals surface area contributed by atoms with Gasteiger partial charge in [-0.2, -0.15) is 0 Å². The van der Waals surface area contributed by atoms with Gasteiger partial charge in [-0.25, -0.2) is 0 Å². The van der Waals surface area contributed by atoms with E-state index in [-0.39, 0.29) is 35.7 Å². The number of nitrogens with one attached hydrogen (secondary N) is 2. The lowest BCUT2D eigenvalue weighted by Gasteiger charge is -2.29. The van der Waals surface area contributed by atoms with Crippen LogP contribution in [-0.4, -0.2) is 69.2 Å². The second-order valence-electron chi connectivity index (χ2n) is 7.25. The summed E-state index contributed by atoms with van der Waals surface area (Å²) >= 11 is 0. The van der Waals surface area contributed by atoms with E-state index in [9.17, 15) is 30.0 Å². The molecule has 2 aromatic rings. The van der Waals surface area contributed by atoms with Gasteiger partial charge in [0.1, 0.15) is 29.3 Å². The van der Waals surface area contributed by atoms with Crippen LogP contribution in [0.15, 0.2) is 48.5 Å². The van der Waals surface area contributed by atoms with Crippen molar-refractivity contribution in [2.45, 2.75) is 30.8 Å². The number of benzene rings is 2. The summed E-state index contributed by atoms with van der Waals surface area (Å²) in [5.74, 6) is -1.12. The molecule has 1 aliphatic rings. The summed E-state index contributed by atoms with van der Waals surface area (Å²) in [4.78, 5) is 24.5. The molecule has 6 N–H and O–H groups in total. The lowest BCUT2D eigenvalue weighted by atomic mass is 9.91. The molecule has 2 aromatic carbocycles. The Bertz CT molecular complexity index is 935. The lowest BCUT2D eigenvalue weighted by molar-refractivity contribution is -0.0682. The van der Waals surface area contributed by atoms with Gasteiger partial charge in [0.05, 0.1) is 12.6 Å². The summed E-state index contributed by atoms with van der Waals surface area (Å²) < 4.78 is 5.60. The number of hydrogen-bond donors (Lipinski definition) is 6. The van der Waals surface area contributed by atoms with Crippen molar-refractivity contribution < 1.29 is 34.8 Å². The zero-order chi connectivity index (χ0) is 21.9. The Balaban J connectivity index is 1.59. The Hall–Kier alpha value is -3.14. The number of rotatable bonds is 6. The quantitative estimate of drug-likeness (QED) is 0.392. The lowest BCUT2D eigenvalue weighted by Crippen LogP contribution is -2.56. The number of carbonyl (C=O) groups excluding carboxylic acids is 2. The molecule has 9 nitrogen and oxygen atoms in total. The molecule has 0 aromatic heterocycles. The summed E-state index contributed by atoms with van der Waals surface area (Å²) in [6.45, 7) is 1.18. The van der Waals surface area contributed by atoms with Crippen molar-refractivity contribution in [2.75, 3.05) is 13.1 Å². The Morgan fingerprint density at radius 1 is 1.00 bits per heavy atom. The summed E-state index contributed by atoms with van der Waals surface area (Å²) in [5.41, 5.74) is -1.33. The van der Waals surface area contributed by atoms with Crippen molar-refractivity contribution in [3.63, 3.8) is 0 Å². The number of carbonyl (C=O) groups is 2. The number of aliphatic hydroxyl groups is 2. The highest BCUT2D eigenvalue weighted by Crippen LogP contribution is 2.30. The minimum atomic E-state index is -1.77. The van der Waals surface area contributed by atoms with Crippen molar-refractivity contribution in [2.24, 2.45) is 0 Å². The molecule has 1 aliphatic heterocycles. The summed E-state index contributed by atoms with van der Waals surface area (Å²) in [7, 11) is 0. The first-order valence-corrected chi connectivity index (χ1v) is 9.41. The van der Waals surface area contributed by atoms with Crippen molar-refractivity contribution in [3.05, 3.63) is 59.7 Å². The van der Waals surface area contributed by atoms with Crippen LogP contribution in [0.25, 0.3) is 0 Å². The maximum Gasteiger partial charge on any atom is 0.251 e. The first kappa shape index (κ1) is 21.6. The average Bonchev–Trinajstić information content (AvgIpc) is 2.94. The number of hydrogen-bond acceptors (Lipinski definition) is 7. The van der Waals surface area contributed by atoms with Gasteiger partial charge in [0.2, 0.25) is 0 Å². The van der Waals surface area contributed by atoms with E-state index in [0.29, 0.717) is 0 Å². The molecule has 1 heterocycles. The highest BCUT2D eigenvalue weighted by Gasteiger charge is 2.53. The Labute approximate surface area is 172 Å². The molecule has 1 fully saturated rings. The van der Waals surface area contributed by atoms with E-state index in [0.717, 1.165) is 0 Å². The molecule has 160 valence electrons. The summed E-state index contributed by atoms with van der Waals surface area (Å²) in [6.07, 6.45) is -3.09. The predicted molar refractivity (Wildman–Crippen MR) is 106 cm³/mol. The number of aromatic hydroxyl groups is 2. The van der Waals surface area contributed by atoms with Crippen molar-refractivity contribution >= 4 is 11.8 Å². The maximum atomic E-state index is 12.3. The van der Waals surface area contributed by atoms with Crippen molar-refractivity contribution in [1.82, 2.24) is 10.6 Å². The molecule has 0 aliphatic carbocycles. The molecule has 30 heavy (non-hydrogen) atoms. The minimum absolute atomic E-state index is 0.0507. The first-order valence-electron chi connectivity index (χ1n) is 9.41. The van der Waals surface area contributed by atoms with Crippen LogP contribution in [0, 0.1) is 0 Å². The van der Waals surface area contributed by atoms with Crippen LogP contribution in [0.4, 0.5) is 0 Å². The molecule has 1 unspecified atom stereocenters. The van der Waals surface area contributed by atoms with Crippen molar-refractivity contribution in [3.8, 4) is 11.5 Å². The Morgan fingerprint density at radius 3 is 2.07 bits per heavy atom. The van der Waals surface area contributed by atoms with Gasteiger partial charge in [-0.15, -0.1) is 0 Å². The molecular weight excluding hydrogens is 392 g/mol. The van der Waals surface area contributed by atoms with E-state index in [1.54, 1.807) is 6.92 Å². The van der Waals surface area contributed by atoms with Crippen LogP contribution in [0.3, 0.4) is 0 Å². The third-order valence-electron chi connectivity index (χ3n) is 5.16. The zero-order valence-corrected chi connectivity index (χ0v) is 16.3. The SMILES string of the molecule is CC1O[C@H](CNC(=O)c2cccc(O)c2)[C@@H](O)[C@]1(O)CNC(=O)c1cccc(O)c1. The number of ether oxygens (including phenoxy) is 1. The molecule has 0 radical (unpaired) electrons. The second kappa shape index (κ2) is 8.70. The Morgan fingerprint density at radius 2 is 1.53 bits per heavy atom. The fraction of sp³-hybridized carbons (Fsp3) is 0.333. The van der Waals surface area contributed by atoms with Crippen LogP contribution in [0.2, 0.25) is 0 Å². The van der Waals surface area contributed by atoms with Crippen LogP contribution < -0.4 is 10.6 Å². The number of amides is 2. The molecule has 2 amide bonds. The molecular formula is C21H24N2O7. The smallest absolute Gasteiger partial charge is 0.251 e. The van der Waals surface area contributed by atoms with Gasteiger partial charge in [-0.1, -0.05) is 12.1 Å². The maximum absolute atomic E-state index is 12.3. The van der Waals surface area contributed by atoms with E-state index in [1.807, 2.05) is 0 Å². The standard InChI is InChI=1S/C21H24N2O7/c1-12-21(29,11-23-20(28)14-5-3-7-16(25)9-14)18(26)17(30-12)10-22-19(27)13-4-2-6-15(24)8-13/h2-9,12,17-18,24-26,29H,10-11H2,1H3,(H,22,27)(H,23,28)/t12?,17-,18-,21+/m1/s1. The van der Waals surface area contributed by atoms with Crippen LogP contribution in [-0.2, 0) is 4.74 Å². The molecule has 9 heteroatoms. The van der Waals surface area contributed by atoms with Gasteiger partial charge in [0.25, 0.3) is 11.8 Å². The van der Waals surface area contributed by atoms with Crippen molar-refractivity contribution in [1.29, 1.82) is 0 Å². The second-order valence-corrected chi connectivity index (χ2v) is 7.25. The Kier molecular flexibility index (Phi) is 6.25. The molecule has 0 bridgehead atoms. The topological polar surface area (TPSA) is 148 Å². The normalized spacial score (nSPS) is 25.6. The summed E-state index contributed by atoms with van der Waals surface area (Å²) in [5, 5.41) is 45.5. The number of aliphatic hydroxyl groups excluding tert-OH is 1. The fourth-order valence-corrected chi connectivity index (χ4v) is 3.34. The van der Waals surface area contributed by atoms with E-state index >= 15 is 0 Å². The van der Waals surface area contributed by atoms with Crippen LogP contribution >= 0.6 is 0 Å². The third kappa shape index (κ3) is 4.54. The van der Waals surface area contributed by atoms with E-state index in [4.69, 9.17) is 4.74 Å². The first-order chi connectivity index (χ1) is 14.2. The van der Waals surface area contributed by atoms with Crippen LogP contribution in [0.1, 0.15) is 27.6 Å². The van der Waals surface area contributed by atoms with Gasteiger partial charge < -0.3 is 35.8 Å². The van der Waals surface area contributed by atoms with Crippen LogP contribution in [0.5, 0.6) is 11.5 Å². The molecule has 0 spiro atoms. The van der Waals surface area contributed by atoms with E-state index in [2.05, 4.69) is 10.6 Å². The van der Waals surface area contributed by atoms with E-state index < -0.39 is 35.7 Å². The molecule has 4 atom stereocenters. The highest BCUT2D eigenvalue weighted by atomic mass is 16.5. The fourth-order valence-electron chi connectivity index (χ4n) is 3.34.